The minimum absolute atomic E-state index is 0.0208. The molecule has 1 saturated heterocycles. The SMILES string of the molecule is O[C@@H]1C2CC3CNC1C(C3)C2. The van der Waals surface area contributed by atoms with Gasteiger partial charge in [0.1, 0.15) is 0 Å². The Bertz CT molecular complexity index is 178. The van der Waals surface area contributed by atoms with Crippen LogP contribution in [0.1, 0.15) is 19.3 Å². The van der Waals surface area contributed by atoms with Crippen LogP contribution in [0, 0.1) is 17.8 Å². The largest absolute Gasteiger partial charge is 0.391 e. The standard InChI is InChI=1S/C9H15NO/c11-9-7-2-5-1-6(3-7)8(9)10-4-5/h5-11H,1-4H2/t5?,6?,7?,8?,9-/m1/s1. The second kappa shape index (κ2) is 1.99. The second-order valence-electron chi connectivity index (χ2n) is 4.52. The average Bonchev–Trinajstić information content (AvgIpc) is 2.14. The van der Waals surface area contributed by atoms with Crippen LogP contribution in [0.25, 0.3) is 0 Å². The van der Waals surface area contributed by atoms with Gasteiger partial charge < -0.3 is 10.4 Å². The summed E-state index contributed by atoms with van der Waals surface area (Å²) in [6.07, 6.45) is 3.93. The zero-order valence-corrected chi connectivity index (χ0v) is 6.66. The molecule has 3 fully saturated rings. The van der Waals surface area contributed by atoms with Crippen LogP contribution >= 0.6 is 0 Å². The van der Waals surface area contributed by atoms with E-state index in [0.717, 1.165) is 18.4 Å². The summed E-state index contributed by atoms with van der Waals surface area (Å²) in [7, 11) is 0. The van der Waals surface area contributed by atoms with E-state index in [9.17, 15) is 5.11 Å². The molecule has 0 radical (unpaired) electrons. The molecule has 0 amide bonds. The average molecular weight is 153 g/mol. The number of aliphatic hydroxyl groups is 1. The molecule has 1 aliphatic heterocycles. The van der Waals surface area contributed by atoms with E-state index < -0.39 is 0 Å². The van der Waals surface area contributed by atoms with Crippen molar-refractivity contribution >= 4 is 0 Å². The number of hydrogen-bond acceptors (Lipinski definition) is 2. The highest BCUT2D eigenvalue weighted by Gasteiger charge is 2.49. The number of nitrogens with one attached hydrogen (secondary N) is 1. The summed E-state index contributed by atoms with van der Waals surface area (Å²) in [6, 6.07) is 0.457. The molecule has 0 aromatic rings. The second-order valence-corrected chi connectivity index (χ2v) is 4.52. The molecule has 62 valence electrons. The molecule has 4 unspecified atom stereocenters. The summed E-state index contributed by atoms with van der Waals surface area (Å²) in [5.41, 5.74) is 0. The van der Waals surface area contributed by atoms with E-state index in [2.05, 4.69) is 5.32 Å². The van der Waals surface area contributed by atoms with Crippen LogP contribution in [-0.2, 0) is 0 Å². The zero-order valence-electron chi connectivity index (χ0n) is 6.66. The van der Waals surface area contributed by atoms with Gasteiger partial charge in [0.25, 0.3) is 0 Å². The lowest BCUT2D eigenvalue weighted by Gasteiger charge is -2.34. The molecule has 11 heavy (non-hydrogen) atoms. The van der Waals surface area contributed by atoms with Crippen LogP contribution in [0.3, 0.4) is 0 Å². The van der Waals surface area contributed by atoms with E-state index >= 15 is 0 Å². The van der Waals surface area contributed by atoms with Crippen LogP contribution in [-0.4, -0.2) is 23.8 Å². The van der Waals surface area contributed by atoms with E-state index in [1.165, 1.54) is 19.3 Å². The molecule has 0 aromatic heterocycles. The van der Waals surface area contributed by atoms with Crippen molar-refractivity contribution in [1.82, 2.24) is 5.32 Å². The van der Waals surface area contributed by atoms with E-state index in [0.29, 0.717) is 12.0 Å². The minimum atomic E-state index is -0.0208. The van der Waals surface area contributed by atoms with Crippen molar-refractivity contribution < 1.29 is 5.11 Å². The number of aliphatic hydroxyl groups excluding tert-OH is 1. The Morgan fingerprint density at radius 2 is 1.91 bits per heavy atom. The Hall–Kier alpha value is -0.0800. The van der Waals surface area contributed by atoms with Gasteiger partial charge in [0.2, 0.25) is 0 Å². The number of rotatable bonds is 0. The minimum Gasteiger partial charge on any atom is -0.391 e. The number of fused-ring (bicyclic) bond motifs is 2. The van der Waals surface area contributed by atoms with Crippen molar-refractivity contribution in [2.24, 2.45) is 17.8 Å². The van der Waals surface area contributed by atoms with Crippen LogP contribution in [0.5, 0.6) is 0 Å². The molecule has 0 aromatic carbocycles. The van der Waals surface area contributed by atoms with E-state index in [1.807, 2.05) is 0 Å². The van der Waals surface area contributed by atoms with Crippen LogP contribution < -0.4 is 5.32 Å². The summed E-state index contributed by atoms with van der Waals surface area (Å²) in [5, 5.41) is 13.3. The molecule has 2 N–H and O–H groups in total. The third-order valence-electron chi connectivity index (χ3n) is 3.88. The van der Waals surface area contributed by atoms with Gasteiger partial charge in [-0.05, 0) is 43.6 Å². The highest BCUT2D eigenvalue weighted by molar-refractivity contribution is 5.04. The Morgan fingerprint density at radius 3 is 2.82 bits per heavy atom. The van der Waals surface area contributed by atoms with E-state index in [-0.39, 0.29) is 6.10 Å². The normalized spacial score (nSPS) is 60.3. The highest BCUT2D eigenvalue weighted by atomic mass is 16.3. The summed E-state index contributed by atoms with van der Waals surface area (Å²) in [5.74, 6) is 2.33. The summed E-state index contributed by atoms with van der Waals surface area (Å²) >= 11 is 0. The van der Waals surface area contributed by atoms with E-state index in [4.69, 9.17) is 0 Å². The lowest BCUT2D eigenvalue weighted by Crippen LogP contribution is -2.45. The Morgan fingerprint density at radius 1 is 1.09 bits per heavy atom. The molecule has 2 heteroatoms. The van der Waals surface area contributed by atoms with Gasteiger partial charge >= 0.3 is 0 Å². The summed E-state index contributed by atoms with van der Waals surface area (Å²) in [6.45, 7) is 1.16. The smallest absolute Gasteiger partial charge is 0.0724 e. The third kappa shape index (κ3) is 0.744. The molecule has 0 spiro atoms. The van der Waals surface area contributed by atoms with Gasteiger partial charge in [0.05, 0.1) is 6.10 Å². The number of piperidine rings is 1. The molecule has 5 atom stereocenters. The van der Waals surface area contributed by atoms with Gasteiger partial charge in [0, 0.05) is 6.04 Å². The first-order chi connectivity index (χ1) is 5.34. The molecule has 3 bridgehead atoms. The lowest BCUT2D eigenvalue weighted by atomic mass is 9.78. The fourth-order valence-corrected chi connectivity index (χ4v) is 3.43. The van der Waals surface area contributed by atoms with Crippen molar-refractivity contribution in [1.29, 1.82) is 0 Å². The Kier molecular flexibility index (Phi) is 1.16. The molecule has 1 heterocycles. The molecule has 2 nitrogen and oxygen atoms in total. The number of hydrogen-bond donors (Lipinski definition) is 2. The molecule has 2 aliphatic carbocycles. The highest BCUT2D eigenvalue weighted by Crippen LogP contribution is 2.47. The quantitative estimate of drug-likeness (QED) is 0.527. The van der Waals surface area contributed by atoms with Gasteiger partial charge in [-0.3, -0.25) is 0 Å². The van der Waals surface area contributed by atoms with Crippen molar-refractivity contribution in [2.45, 2.75) is 31.4 Å². The Balaban J connectivity index is 1.96. The molecule has 3 aliphatic rings. The van der Waals surface area contributed by atoms with Crippen molar-refractivity contribution in [3.63, 3.8) is 0 Å². The first-order valence-electron chi connectivity index (χ1n) is 4.76. The van der Waals surface area contributed by atoms with Crippen molar-refractivity contribution in [3.05, 3.63) is 0 Å². The fraction of sp³-hybridized carbons (Fsp3) is 1.00. The van der Waals surface area contributed by atoms with Crippen LogP contribution in [0.15, 0.2) is 0 Å². The van der Waals surface area contributed by atoms with Crippen molar-refractivity contribution in [3.8, 4) is 0 Å². The maximum atomic E-state index is 9.82. The van der Waals surface area contributed by atoms with Gasteiger partial charge in [0.15, 0.2) is 0 Å². The maximum Gasteiger partial charge on any atom is 0.0724 e. The van der Waals surface area contributed by atoms with Crippen LogP contribution in [0.2, 0.25) is 0 Å². The monoisotopic (exact) mass is 153 g/mol. The fourth-order valence-electron chi connectivity index (χ4n) is 3.43. The van der Waals surface area contributed by atoms with Crippen LogP contribution in [0.4, 0.5) is 0 Å². The first-order valence-corrected chi connectivity index (χ1v) is 4.76. The Labute approximate surface area is 67.0 Å². The summed E-state index contributed by atoms with van der Waals surface area (Å²) < 4.78 is 0. The molecular weight excluding hydrogens is 138 g/mol. The van der Waals surface area contributed by atoms with Gasteiger partial charge in [-0.1, -0.05) is 0 Å². The first kappa shape index (κ1) is 6.44. The zero-order chi connectivity index (χ0) is 7.42. The summed E-state index contributed by atoms with van der Waals surface area (Å²) in [4.78, 5) is 0. The predicted molar refractivity (Wildman–Crippen MR) is 42.1 cm³/mol. The van der Waals surface area contributed by atoms with Gasteiger partial charge in [-0.15, -0.1) is 0 Å². The third-order valence-corrected chi connectivity index (χ3v) is 3.88. The maximum absolute atomic E-state index is 9.82. The molecular formula is C9H15NO. The lowest BCUT2D eigenvalue weighted by molar-refractivity contribution is 0.111. The predicted octanol–water partition coefficient (Wildman–Crippen LogP) is 0.365. The van der Waals surface area contributed by atoms with E-state index in [1.54, 1.807) is 0 Å². The van der Waals surface area contributed by atoms with Gasteiger partial charge in [-0.2, -0.15) is 0 Å². The molecule has 2 saturated carbocycles. The topological polar surface area (TPSA) is 32.3 Å². The van der Waals surface area contributed by atoms with Gasteiger partial charge in [-0.25, -0.2) is 0 Å². The van der Waals surface area contributed by atoms with Crippen molar-refractivity contribution in [2.75, 3.05) is 6.54 Å². The molecule has 3 rings (SSSR count).